The van der Waals surface area contributed by atoms with Crippen LogP contribution in [-0.4, -0.2) is 35.1 Å². The van der Waals surface area contributed by atoms with Crippen LogP contribution in [-0.2, 0) is 10.5 Å². The molecule has 0 aliphatic rings. The number of rotatable bonds is 6. The summed E-state index contributed by atoms with van der Waals surface area (Å²) in [7, 11) is 1.65. The minimum absolute atomic E-state index is 0.213. The lowest BCUT2D eigenvalue weighted by Gasteiger charge is -2.15. The van der Waals surface area contributed by atoms with E-state index in [-0.39, 0.29) is 4.75 Å². The standard InChI is InChI=1S/C10H19N3O2S/c1-10(2,3)16-7-8-12-9(15-13-8)11-5-6-14-4/h5-7H2,1-4H3,(H,11,12,13). The van der Waals surface area contributed by atoms with Crippen LogP contribution in [0, 0.1) is 0 Å². The van der Waals surface area contributed by atoms with Gasteiger partial charge in [-0.3, -0.25) is 0 Å². The quantitative estimate of drug-likeness (QED) is 0.775. The van der Waals surface area contributed by atoms with Gasteiger partial charge in [0.15, 0.2) is 5.82 Å². The molecule has 1 heterocycles. The molecular formula is C10H19N3O2S. The highest BCUT2D eigenvalue weighted by Crippen LogP contribution is 2.26. The Hall–Kier alpha value is -0.750. The van der Waals surface area contributed by atoms with Crippen molar-refractivity contribution in [2.24, 2.45) is 0 Å². The van der Waals surface area contributed by atoms with Crippen molar-refractivity contribution < 1.29 is 9.26 Å². The molecule has 0 radical (unpaired) electrons. The van der Waals surface area contributed by atoms with Gasteiger partial charge in [0.1, 0.15) is 0 Å². The van der Waals surface area contributed by atoms with Crippen LogP contribution in [0.25, 0.3) is 0 Å². The molecule has 0 spiro atoms. The lowest BCUT2D eigenvalue weighted by atomic mass is 10.3. The first-order valence-electron chi connectivity index (χ1n) is 5.20. The summed E-state index contributed by atoms with van der Waals surface area (Å²) in [4.78, 5) is 4.22. The van der Waals surface area contributed by atoms with Gasteiger partial charge in [0.25, 0.3) is 0 Å². The average Bonchev–Trinajstić information content (AvgIpc) is 2.62. The summed E-state index contributed by atoms with van der Waals surface area (Å²) in [5.74, 6) is 1.48. The summed E-state index contributed by atoms with van der Waals surface area (Å²) in [5.41, 5.74) is 0. The number of nitrogens with zero attached hydrogens (tertiary/aromatic N) is 2. The molecule has 1 N–H and O–H groups in total. The van der Waals surface area contributed by atoms with E-state index in [2.05, 4.69) is 36.2 Å². The third-order valence-corrected chi connectivity index (χ3v) is 2.95. The van der Waals surface area contributed by atoms with Crippen molar-refractivity contribution in [1.82, 2.24) is 10.1 Å². The highest BCUT2D eigenvalue weighted by molar-refractivity contribution is 7.99. The molecule has 1 rings (SSSR count). The molecule has 0 fully saturated rings. The molecule has 0 aliphatic carbocycles. The van der Waals surface area contributed by atoms with Crippen molar-refractivity contribution in [3.05, 3.63) is 5.82 Å². The number of aromatic nitrogens is 2. The van der Waals surface area contributed by atoms with Gasteiger partial charge in [0.05, 0.1) is 12.4 Å². The van der Waals surface area contributed by atoms with Crippen LogP contribution in [0.2, 0.25) is 0 Å². The van der Waals surface area contributed by atoms with E-state index in [1.54, 1.807) is 18.9 Å². The van der Waals surface area contributed by atoms with Crippen LogP contribution in [0.4, 0.5) is 6.01 Å². The minimum atomic E-state index is 0.213. The fourth-order valence-electron chi connectivity index (χ4n) is 0.925. The van der Waals surface area contributed by atoms with Gasteiger partial charge in [-0.1, -0.05) is 25.9 Å². The molecule has 5 nitrogen and oxygen atoms in total. The molecule has 0 aliphatic heterocycles. The summed E-state index contributed by atoms with van der Waals surface area (Å²) in [5, 5.41) is 6.88. The van der Waals surface area contributed by atoms with E-state index in [1.807, 2.05) is 0 Å². The highest BCUT2D eigenvalue weighted by Gasteiger charge is 2.13. The molecule has 0 saturated heterocycles. The fraction of sp³-hybridized carbons (Fsp3) is 0.800. The van der Waals surface area contributed by atoms with Crippen LogP contribution in [0.3, 0.4) is 0 Å². The monoisotopic (exact) mass is 245 g/mol. The Balaban J connectivity index is 2.33. The SMILES string of the molecule is COCCNc1nc(CSC(C)(C)C)no1. The number of methoxy groups -OCH3 is 1. The number of hydrogen-bond acceptors (Lipinski definition) is 6. The number of hydrogen-bond donors (Lipinski definition) is 1. The fourth-order valence-corrected chi connectivity index (χ4v) is 1.60. The zero-order chi connectivity index (χ0) is 12.0. The van der Waals surface area contributed by atoms with E-state index in [9.17, 15) is 0 Å². The van der Waals surface area contributed by atoms with Gasteiger partial charge in [-0.05, 0) is 0 Å². The predicted octanol–water partition coefficient (Wildman–Crippen LogP) is 2.16. The van der Waals surface area contributed by atoms with E-state index in [0.29, 0.717) is 19.2 Å². The zero-order valence-electron chi connectivity index (χ0n) is 10.2. The lowest BCUT2D eigenvalue weighted by molar-refractivity contribution is 0.210. The Bertz CT molecular complexity index is 309. The molecule has 0 unspecified atom stereocenters. The van der Waals surface area contributed by atoms with Crippen molar-refractivity contribution in [3.8, 4) is 0 Å². The first kappa shape index (κ1) is 13.3. The summed E-state index contributed by atoms with van der Waals surface area (Å²) in [6.07, 6.45) is 0. The van der Waals surface area contributed by atoms with Crippen molar-refractivity contribution >= 4 is 17.8 Å². The number of ether oxygens (including phenoxy) is 1. The topological polar surface area (TPSA) is 60.2 Å². The van der Waals surface area contributed by atoms with Crippen molar-refractivity contribution in [3.63, 3.8) is 0 Å². The maximum Gasteiger partial charge on any atom is 0.321 e. The molecule has 0 aromatic carbocycles. The van der Waals surface area contributed by atoms with Gasteiger partial charge in [0, 0.05) is 18.4 Å². The normalized spacial score (nSPS) is 11.8. The molecular weight excluding hydrogens is 226 g/mol. The number of nitrogens with one attached hydrogen (secondary N) is 1. The number of thioether (sulfide) groups is 1. The Morgan fingerprint density at radius 3 is 2.81 bits per heavy atom. The summed E-state index contributed by atoms with van der Waals surface area (Å²) >= 11 is 1.79. The summed E-state index contributed by atoms with van der Waals surface area (Å²) in [6.45, 7) is 7.78. The maximum atomic E-state index is 5.04. The first-order valence-corrected chi connectivity index (χ1v) is 6.19. The molecule has 1 aromatic rings. The Morgan fingerprint density at radius 2 is 2.19 bits per heavy atom. The third-order valence-electron chi connectivity index (χ3n) is 1.68. The molecule has 16 heavy (non-hydrogen) atoms. The third kappa shape index (κ3) is 5.37. The molecule has 0 bridgehead atoms. The largest absolute Gasteiger partial charge is 0.383 e. The molecule has 1 aromatic heterocycles. The Kier molecular flexibility index (Phi) is 5.08. The van der Waals surface area contributed by atoms with E-state index in [0.717, 1.165) is 11.6 Å². The Morgan fingerprint density at radius 1 is 1.44 bits per heavy atom. The van der Waals surface area contributed by atoms with Crippen molar-refractivity contribution in [2.45, 2.75) is 31.3 Å². The van der Waals surface area contributed by atoms with E-state index in [1.165, 1.54) is 0 Å². The average molecular weight is 245 g/mol. The molecule has 6 heteroatoms. The first-order chi connectivity index (χ1) is 7.51. The van der Waals surface area contributed by atoms with E-state index in [4.69, 9.17) is 9.26 Å². The van der Waals surface area contributed by atoms with Crippen LogP contribution < -0.4 is 5.32 Å². The van der Waals surface area contributed by atoms with Crippen LogP contribution in [0.15, 0.2) is 4.52 Å². The number of anilines is 1. The second-order valence-electron chi connectivity index (χ2n) is 4.34. The second-order valence-corrected chi connectivity index (χ2v) is 6.14. The summed E-state index contributed by atoms with van der Waals surface area (Å²) < 4.78 is 10.2. The highest BCUT2D eigenvalue weighted by atomic mass is 32.2. The van der Waals surface area contributed by atoms with Gasteiger partial charge in [0.2, 0.25) is 0 Å². The smallest absolute Gasteiger partial charge is 0.321 e. The van der Waals surface area contributed by atoms with E-state index >= 15 is 0 Å². The van der Waals surface area contributed by atoms with Crippen molar-refractivity contribution in [1.29, 1.82) is 0 Å². The molecule has 0 amide bonds. The van der Waals surface area contributed by atoms with Gasteiger partial charge in [-0.2, -0.15) is 4.98 Å². The van der Waals surface area contributed by atoms with Gasteiger partial charge >= 0.3 is 6.01 Å². The minimum Gasteiger partial charge on any atom is -0.383 e. The van der Waals surface area contributed by atoms with Crippen LogP contribution in [0.1, 0.15) is 26.6 Å². The van der Waals surface area contributed by atoms with E-state index < -0.39 is 0 Å². The van der Waals surface area contributed by atoms with Crippen LogP contribution in [0.5, 0.6) is 0 Å². The van der Waals surface area contributed by atoms with Gasteiger partial charge < -0.3 is 14.6 Å². The predicted molar refractivity (Wildman–Crippen MR) is 65.7 cm³/mol. The van der Waals surface area contributed by atoms with Gasteiger partial charge in [-0.15, -0.1) is 11.8 Å². The van der Waals surface area contributed by atoms with Crippen molar-refractivity contribution in [2.75, 3.05) is 25.6 Å². The maximum absolute atomic E-state index is 5.04. The molecule has 0 atom stereocenters. The summed E-state index contributed by atoms with van der Waals surface area (Å²) in [6, 6.07) is 0.460. The lowest BCUT2D eigenvalue weighted by Crippen LogP contribution is -2.08. The zero-order valence-corrected chi connectivity index (χ0v) is 11.1. The van der Waals surface area contributed by atoms with Crippen LogP contribution >= 0.6 is 11.8 Å². The second kappa shape index (κ2) is 6.10. The van der Waals surface area contributed by atoms with Gasteiger partial charge in [-0.25, -0.2) is 0 Å². The molecule has 92 valence electrons. The Labute approximate surface area is 100 Å². The molecule has 0 saturated carbocycles.